The number of anilines is 1. The molecule has 0 bridgehead atoms. The summed E-state index contributed by atoms with van der Waals surface area (Å²) in [5, 5.41) is 11.4. The number of carboxylic acids is 1. The molecule has 0 aliphatic heterocycles. The van der Waals surface area contributed by atoms with E-state index in [9.17, 15) is 13.2 Å². The SMILES string of the molecule is CS(=O)(=O)CNc1ccccc1C(=O)O. The first-order valence-electron chi connectivity index (χ1n) is 4.14. The standard InChI is InChI=1S/C9H11NO4S/c1-15(13,14)6-10-8-5-3-2-4-7(8)9(11)12/h2-5,10H,6H2,1H3,(H,11,12). The van der Waals surface area contributed by atoms with Gasteiger partial charge in [0.1, 0.15) is 5.88 Å². The van der Waals surface area contributed by atoms with Gasteiger partial charge in [-0.05, 0) is 12.1 Å². The van der Waals surface area contributed by atoms with Gasteiger partial charge in [-0.2, -0.15) is 0 Å². The Morgan fingerprint density at radius 1 is 1.40 bits per heavy atom. The summed E-state index contributed by atoms with van der Waals surface area (Å²) in [4.78, 5) is 10.8. The Hall–Kier alpha value is -1.56. The van der Waals surface area contributed by atoms with E-state index in [1.165, 1.54) is 12.1 Å². The van der Waals surface area contributed by atoms with Crippen molar-refractivity contribution in [1.82, 2.24) is 0 Å². The van der Waals surface area contributed by atoms with Crippen LogP contribution in [0.2, 0.25) is 0 Å². The number of carboxylic acid groups (broad SMARTS) is 1. The molecule has 0 saturated carbocycles. The fourth-order valence-corrected chi connectivity index (χ4v) is 1.45. The number of nitrogens with one attached hydrogen (secondary N) is 1. The summed E-state index contributed by atoms with van der Waals surface area (Å²) in [6, 6.07) is 6.15. The molecule has 0 spiro atoms. The number of hydrogen-bond donors (Lipinski definition) is 2. The molecule has 0 heterocycles. The predicted octanol–water partition coefficient (Wildman–Crippen LogP) is 0.799. The average molecular weight is 229 g/mol. The van der Waals surface area contributed by atoms with Crippen molar-refractivity contribution in [3.8, 4) is 0 Å². The second kappa shape index (κ2) is 4.31. The van der Waals surface area contributed by atoms with Gasteiger partial charge in [-0.15, -0.1) is 0 Å². The van der Waals surface area contributed by atoms with Crippen LogP contribution in [0, 0.1) is 0 Å². The molecule has 0 fully saturated rings. The Kier molecular flexibility index (Phi) is 3.31. The summed E-state index contributed by atoms with van der Waals surface area (Å²) in [5.41, 5.74) is 0.358. The highest BCUT2D eigenvalue weighted by Gasteiger charge is 2.09. The Morgan fingerprint density at radius 3 is 2.53 bits per heavy atom. The number of para-hydroxylation sites is 1. The zero-order valence-corrected chi connectivity index (χ0v) is 8.91. The Morgan fingerprint density at radius 2 is 2.00 bits per heavy atom. The zero-order valence-electron chi connectivity index (χ0n) is 8.10. The lowest BCUT2D eigenvalue weighted by atomic mass is 10.2. The van der Waals surface area contributed by atoms with E-state index in [-0.39, 0.29) is 11.4 Å². The van der Waals surface area contributed by atoms with E-state index in [0.29, 0.717) is 5.69 Å². The molecule has 0 radical (unpaired) electrons. The van der Waals surface area contributed by atoms with E-state index in [1.807, 2.05) is 0 Å². The van der Waals surface area contributed by atoms with Crippen molar-refractivity contribution >= 4 is 21.5 Å². The summed E-state index contributed by atoms with van der Waals surface area (Å²) in [6.45, 7) is 0. The number of hydrogen-bond acceptors (Lipinski definition) is 4. The number of aromatic carboxylic acids is 1. The lowest BCUT2D eigenvalue weighted by Crippen LogP contribution is -2.14. The smallest absolute Gasteiger partial charge is 0.337 e. The van der Waals surface area contributed by atoms with Crippen molar-refractivity contribution in [2.45, 2.75) is 0 Å². The number of benzene rings is 1. The van der Waals surface area contributed by atoms with Gasteiger partial charge in [-0.25, -0.2) is 13.2 Å². The third kappa shape index (κ3) is 3.59. The Balaban J connectivity index is 2.90. The van der Waals surface area contributed by atoms with Crippen LogP contribution in [-0.2, 0) is 9.84 Å². The van der Waals surface area contributed by atoms with Gasteiger partial charge >= 0.3 is 5.97 Å². The summed E-state index contributed by atoms with van der Waals surface area (Å²) in [7, 11) is -3.17. The van der Waals surface area contributed by atoms with Crippen LogP contribution < -0.4 is 5.32 Å². The quantitative estimate of drug-likeness (QED) is 0.797. The molecule has 6 heteroatoms. The summed E-state index contributed by atoms with van der Waals surface area (Å²) in [6.07, 6.45) is 1.07. The molecule has 0 aliphatic rings. The van der Waals surface area contributed by atoms with Crippen LogP contribution >= 0.6 is 0 Å². The van der Waals surface area contributed by atoms with Crippen molar-refractivity contribution in [2.24, 2.45) is 0 Å². The average Bonchev–Trinajstić information content (AvgIpc) is 2.14. The maximum absolute atomic E-state index is 10.9. The van der Waals surface area contributed by atoms with Crippen LogP contribution in [-0.4, -0.2) is 31.6 Å². The lowest BCUT2D eigenvalue weighted by molar-refractivity contribution is 0.0698. The molecule has 0 atom stereocenters. The van der Waals surface area contributed by atoms with Crippen LogP contribution in [0.5, 0.6) is 0 Å². The molecule has 2 N–H and O–H groups in total. The molecule has 0 aromatic heterocycles. The lowest BCUT2D eigenvalue weighted by Gasteiger charge is -2.07. The molecule has 1 aromatic rings. The van der Waals surface area contributed by atoms with Gasteiger partial charge in [0, 0.05) is 11.9 Å². The largest absolute Gasteiger partial charge is 0.478 e. The number of sulfone groups is 1. The fourth-order valence-electron chi connectivity index (χ4n) is 1.03. The van der Waals surface area contributed by atoms with Gasteiger partial charge in [0.05, 0.1) is 5.56 Å². The summed E-state index contributed by atoms with van der Waals surface area (Å²) in [5.74, 6) is -1.37. The van der Waals surface area contributed by atoms with Crippen LogP contribution in [0.15, 0.2) is 24.3 Å². The third-order valence-electron chi connectivity index (χ3n) is 1.68. The monoisotopic (exact) mass is 229 g/mol. The van der Waals surface area contributed by atoms with Crippen molar-refractivity contribution in [3.05, 3.63) is 29.8 Å². The first-order chi connectivity index (χ1) is 6.90. The van der Waals surface area contributed by atoms with E-state index < -0.39 is 15.8 Å². The molecule has 82 valence electrons. The van der Waals surface area contributed by atoms with Gasteiger partial charge in [0.25, 0.3) is 0 Å². The van der Waals surface area contributed by atoms with E-state index in [4.69, 9.17) is 5.11 Å². The highest BCUT2D eigenvalue weighted by molar-refractivity contribution is 7.90. The second-order valence-corrected chi connectivity index (χ2v) is 5.24. The third-order valence-corrected chi connectivity index (χ3v) is 2.35. The van der Waals surface area contributed by atoms with Crippen LogP contribution in [0.4, 0.5) is 5.69 Å². The highest BCUT2D eigenvalue weighted by atomic mass is 32.2. The molecule has 0 amide bonds. The van der Waals surface area contributed by atoms with E-state index in [0.717, 1.165) is 6.26 Å². The molecule has 1 aromatic carbocycles. The normalized spacial score (nSPS) is 11.0. The van der Waals surface area contributed by atoms with E-state index in [2.05, 4.69) is 5.32 Å². The van der Waals surface area contributed by atoms with Gasteiger partial charge < -0.3 is 10.4 Å². The second-order valence-electron chi connectivity index (χ2n) is 3.10. The Labute approximate surface area is 87.7 Å². The molecule has 15 heavy (non-hydrogen) atoms. The molecule has 0 unspecified atom stereocenters. The first-order valence-corrected chi connectivity index (χ1v) is 6.20. The molecule has 5 nitrogen and oxygen atoms in total. The maximum atomic E-state index is 10.9. The predicted molar refractivity (Wildman–Crippen MR) is 56.7 cm³/mol. The molecule has 0 saturated heterocycles. The zero-order chi connectivity index (χ0) is 11.5. The van der Waals surface area contributed by atoms with Gasteiger partial charge in [-0.1, -0.05) is 12.1 Å². The summed E-state index contributed by atoms with van der Waals surface area (Å²) >= 11 is 0. The fraction of sp³-hybridized carbons (Fsp3) is 0.222. The molecular weight excluding hydrogens is 218 g/mol. The number of rotatable bonds is 4. The minimum absolute atomic E-state index is 0.0566. The Bertz CT molecular complexity index is 467. The van der Waals surface area contributed by atoms with E-state index >= 15 is 0 Å². The van der Waals surface area contributed by atoms with Crippen LogP contribution in [0.1, 0.15) is 10.4 Å². The van der Waals surface area contributed by atoms with Gasteiger partial charge in [0.15, 0.2) is 9.84 Å². The van der Waals surface area contributed by atoms with E-state index in [1.54, 1.807) is 12.1 Å². The van der Waals surface area contributed by atoms with Crippen LogP contribution in [0.3, 0.4) is 0 Å². The molecule has 1 rings (SSSR count). The van der Waals surface area contributed by atoms with Crippen LogP contribution in [0.25, 0.3) is 0 Å². The summed E-state index contributed by atoms with van der Waals surface area (Å²) < 4.78 is 21.8. The minimum Gasteiger partial charge on any atom is -0.478 e. The van der Waals surface area contributed by atoms with Crippen molar-refractivity contribution in [3.63, 3.8) is 0 Å². The maximum Gasteiger partial charge on any atom is 0.337 e. The molecule has 0 aliphatic carbocycles. The first kappa shape index (κ1) is 11.5. The van der Waals surface area contributed by atoms with Crippen molar-refractivity contribution < 1.29 is 18.3 Å². The topological polar surface area (TPSA) is 83.5 Å². The highest BCUT2D eigenvalue weighted by Crippen LogP contribution is 2.14. The molecular formula is C9H11NO4S. The van der Waals surface area contributed by atoms with Gasteiger partial charge in [0.2, 0.25) is 0 Å². The minimum atomic E-state index is -3.17. The van der Waals surface area contributed by atoms with Crippen molar-refractivity contribution in [2.75, 3.05) is 17.4 Å². The van der Waals surface area contributed by atoms with Crippen molar-refractivity contribution in [1.29, 1.82) is 0 Å². The number of carbonyl (C=O) groups is 1. The van der Waals surface area contributed by atoms with Gasteiger partial charge in [-0.3, -0.25) is 0 Å².